The number of hydrogen-bond acceptors (Lipinski definition) is 1. The van der Waals surface area contributed by atoms with E-state index in [1.807, 2.05) is 0 Å². The molecular weight excluding hydrogens is 244 g/mol. The minimum Gasteiger partial charge on any atom is -0.330 e. The van der Waals surface area contributed by atoms with Crippen molar-refractivity contribution in [2.24, 2.45) is 17.1 Å². The normalized spacial score (nSPS) is 27.5. The molecule has 1 aromatic carbocycles. The van der Waals surface area contributed by atoms with E-state index in [9.17, 15) is 8.78 Å². The van der Waals surface area contributed by atoms with Gasteiger partial charge in [-0.15, -0.1) is 0 Å². The topological polar surface area (TPSA) is 26.0 Å². The summed E-state index contributed by atoms with van der Waals surface area (Å²) in [4.78, 5) is 0. The summed E-state index contributed by atoms with van der Waals surface area (Å²) in [6, 6.07) is 4.22. The SMILES string of the molecule is CCC1CCC(CN)(Cc2ccc(F)c(F)c2)CC1. The third-order valence-corrected chi connectivity index (χ3v) is 4.74. The van der Waals surface area contributed by atoms with Crippen LogP contribution in [-0.2, 0) is 6.42 Å². The van der Waals surface area contributed by atoms with Gasteiger partial charge in [0.1, 0.15) is 0 Å². The van der Waals surface area contributed by atoms with Gasteiger partial charge in [-0.25, -0.2) is 8.78 Å². The van der Waals surface area contributed by atoms with Crippen LogP contribution in [0.1, 0.15) is 44.6 Å². The first-order valence-corrected chi connectivity index (χ1v) is 7.22. The zero-order chi connectivity index (χ0) is 13.9. The third-order valence-electron chi connectivity index (χ3n) is 4.74. The maximum atomic E-state index is 13.3. The van der Waals surface area contributed by atoms with E-state index >= 15 is 0 Å². The molecule has 2 rings (SSSR count). The molecule has 0 amide bonds. The summed E-state index contributed by atoms with van der Waals surface area (Å²) in [7, 11) is 0. The molecule has 1 aliphatic carbocycles. The number of rotatable bonds is 4. The van der Waals surface area contributed by atoms with Gasteiger partial charge in [0.25, 0.3) is 0 Å². The van der Waals surface area contributed by atoms with Crippen molar-refractivity contribution < 1.29 is 8.78 Å². The number of hydrogen-bond donors (Lipinski definition) is 1. The predicted octanol–water partition coefficient (Wildman–Crippen LogP) is 4.05. The highest BCUT2D eigenvalue weighted by Crippen LogP contribution is 2.41. The van der Waals surface area contributed by atoms with E-state index in [-0.39, 0.29) is 5.41 Å². The molecule has 1 fully saturated rings. The van der Waals surface area contributed by atoms with Crippen molar-refractivity contribution in [3.8, 4) is 0 Å². The molecule has 0 aliphatic heterocycles. The van der Waals surface area contributed by atoms with Crippen LogP contribution in [0.5, 0.6) is 0 Å². The molecule has 0 heterocycles. The van der Waals surface area contributed by atoms with Crippen molar-refractivity contribution in [1.29, 1.82) is 0 Å². The highest BCUT2D eigenvalue weighted by molar-refractivity contribution is 5.19. The highest BCUT2D eigenvalue weighted by atomic mass is 19.2. The third kappa shape index (κ3) is 3.33. The average Bonchev–Trinajstić information content (AvgIpc) is 2.44. The summed E-state index contributed by atoms with van der Waals surface area (Å²) < 4.78 is 26.2. The van der Waals surface area contributed by atoms with Crippen LogP contribution in [0.15, 0.2) is 18.2 Å². The Hall–Kier alpha value is -0.960. The van der Waals surface area contributed by atoms with Gasteiger partial charge in [-0.05, 0) is 67.7 Å². The molecule has 0 saturated heterocycles. The van der Waals surface area contributed by atoms with E-state index in [4.69, 9.17) is 5.73 Å². The number of nitrogens with two attached hydrogens (primary N) is 1. The standard InChI is InChI=1S/C16H23F2N/c1-2-12-5-7-16(11-19,8-6-12)10-13-3-4-14(17)15(18)9-13/h3-4,9,12H,2,5-8,10-11,19H2,1H3. The van der Waals surface area contributed by atoms with Gasteiger partial charge in [0.2, 0.25) is 0 Å². The van der Waals surface area contributed by atoms with E-state index in [2.05, 4.69) is 6.92 Å². The lowest BCUT2D eigenvalue weighted by Crippen LogP contribution is -2.36. The smallest absolute Gasteiger partial charge is 0.159 e. The van der Waals surface area contributed by atoms with Crippen LogP contribution in [0, 0.1) is 23.0 Å². The molecule has 0 unspecified atom stereocenters. The average molecular weight is 267 g/mol. The Bertz CT molecular complexity index is 423. The van der Waals surface area contributed by atoms with Gasteiger partial charge < -0.3 is 5.73 Å². The van der Waals surface area contributed by atoms with Gasteiger partial charge >= 0.3 is 0 Å². The Kier molecular flexibility index (Phi) is 4.56. The summed E-state index contributed by atoms with van der Waals surface area (Å²) in [5, 5.41) is 0. The van der Waals surface area contributed by atoms with Gasteiger partial charge in [-0.1, -0.05) is 19.4 Å². The molecule has 106 valence electrons. The van der Waals surface area contributed by atoms with Gasteiger partial charge in [0.05, 0.1) is 0 Å². The zero-order valence-corrected chi connectivity index (χ0v) is 11.6. The molecule has 2 N–H and O–H groups in total. The zero-order valence-electron chi connectivity index (χ0n) is 11.6. The maximum Gasteiger partial charge on any atom is 0.159 e. The van der Waals surface area contributed by atoms with Gasteiger partial charge in [0.15, 0.2) is 11.6 Å². The van der Waals surface area contributed by atoms with Crippen molar-refractivity contribution in [1.82, 2.24) is 0 Å². The quantitative estimate of drug-likeness (QED) is 0.875. The Morgan fingerprint density at radius 3 is 2.42 bits per heavy atom. The minimum atomic E-state index is -0.778. The van der Waals surface area contributed by atoms with Crippen molar-refractivity contribution in [3.63, 3.8) is 0 Å². The summed E-state index contributed by atoms with van der Waals surface area (Å²) >= 11 is 0. The molecule has 0 bridgehead atoms. The molecule has 0 atom stereocenters. The van der Waals surface area contributed by atoms with E-state index in [0.29, 0.717) is 6.54 Å². The van der Waals surface area contributed by atoms with Gasteiger partial charge in [-0.3, -0.25) is 0 Å². The summed E-state index contributed by atoms with van der Waals surface area (Å²) in [5.41, 5.74) is 6.91. The number of benzene rings is 1. The van der Waals surface area contributed by atoms with Gasteiger partial charge in [-0.2, -0.15) is 0 Å². The Labute approximate surface area is 114 Å². The van der Waals surface area contributed by atoms with Crippen LogP contribution < -0.4 is 5.73 Å². The van der Waals surface area contributed by atoms with E-state index in [1.54, 1.807) is 6.07 Å². The molecule has 3 heteroatoms. The maximum absolute atomic E-state index is 13.3. The van der Waals surface area contributed by atoms with Crippen LogP contribution in [-0.4, -0.2) is 6.54 Å². The summed E-state index contributed by atoms with van der Waals surface area (Å²) in [6.45, 7) is 2.86. The molecular formula is C16H23F2N. The fourth-order valence-corrected chi connectivity index (χ4v) is 3.23. The van der Waals surface area contributed by atoms with Crippen molar-refractivity contribution in [2.75, 3.05) is 6.54 Å². The second-order valence-electron chi connectivity index (χ2n) is 5.98. The van der Waals surface area contributed by atoms with Gasteiger partial charge in [0, 0.05) is 0 Å². The molecule has 19 heavy (non-hydrogen) atoms. The fourth-order valence-electron chi connectivity index (χ4n) is 3.23. The largest absolute Gasteiger partial charge is 0.330 e. The second kappa shape index (κ2) is 6.00. The van der Waals surface area contributed by atoms with Crippen molar-refractivity contribution in [2.45, 2.75) is 45.4 Å². The second-order valence-corrected chi connectivity index (χ2v) is 5.98. The van der Waals surface area contributed by atoms with Crippen LogP contribution in [0.25, 0.3) is 0 Å². The first-order valence-electron chi connectivity index (χ1n) is 7.22. The molecule has 1 saturated carbocycles. The van der Waals surface area contributed by atoms with Crippen molar-refractivity contribution >= 4 is 0 Å². The van der Waals surface area contributed by atoms with Crippen molar-refractivity contribution in [3.05, 3.63) is 35.4 Å². The Balaban J connectivity index is 2.08. The lowest BCUT2D eigenvalue weighted by molar-refractivity contribution is 0.153. The first kappa shape index (κ1) is 14.4. The lowest BCUT2D eigenvalue weighted by atomic mass is 9.67. The lowest BCUT2D eigenvalue weighted by Gasteiger charge is -2.39. The molecule has 0 radical (unpaired) electrons. The molecule has 0 spiro atoms. The van der Waals surface area contributed by atoms with E-state index in [1.165, 1.54) is 31.4 Å². The summed E-state index contributed by atoms with van der Waals surface area (Å²) in [6.07, 6.45) is 6.60. The van der Waals surface area contributed by atoms with Crippen LogP contribution in [0.3, 0.4) is 0 Å². The van der Waals surface area contributed by atoms with Crippen LogP contribution >= 0.6 is 0 Å². The molecule has 1 aliphatic rings. The first-order chi connectivity index (χ1) is 9.08. The molecule has 1 aromatic rings. The van der Waals surface area contributed by atoms with Crippen LogP contribution in [0.4, 0.5) is 8.78 Å². The minimum absolute atomic E-state index is 0.0793. The van der Waals surface area contributed by atoms with Crippen LogP contribution in [0.2, 0.25) is 0 Å². The fraction of sp³-hybridized carbons (Fsp3) is 0.625. The summed E-state index contributed by atoms with van der Waals surface area (Å²) in [5.74, 6) is -0.725. The number of halogens is 2. The predicted molar refractivity (Wildman–Crippen MR) is 73.8 cm³/mol. The highest BCUT2D eigenvalue weighted by Gasteiger charge is 2.33. The van der Waals surface area contributed by atoms with E-state index in [0.717, 1.165) is 30.7 Å². The monoisotopic (exact) mass is 267 g/mol. The van der Waals surface area contributed by atoms with E-state index < -0.39 is 11.6 Å². The molecule has 1 nitrogen and oxygen atoms in total. The Morgan fingerprint density at radius 2 is 1.89 bits per heavy atom. The molecule has 0 aromatic heterocycles. The Morgan fingerprint density at radius 1 is 1.21 bits per heavy atom.